The van der Waals surface area contributed by atoms with E-state index in [1.807, 2.05) is 18.2 Å². The lowest BCUT2D eigenvalue weighted by Gasteiger charge is -2.59. The van der Waals surface area contributed by atoms with Crippen LogP contribution in [0.15, 0.2) is 22.7 Å². The van der Waals surface area contributed by atoms with Crippen LogP contribution in [0.3, 0.4) is 0 Å². The maximum absolute atomic E-state index is 12.7. The topological polar surface area (TPSA) is 86.5 Å². The van der Waals surface area contributed by atoms with E-state index < -0.39 is 0 Å². The first kappa shape index (κ1) is 21.3. The van der Waals surface area contributed by atoms with Crippen LogP contribution in [-0.4, -0.2) is 36.3 Å². The largest absolute Gasteiger partial charge is 0.493 e. The summed E-state index contributed by atoms with van der Waals surface area (Å²) in [5, 5.41) is 7.38. The van der Waals surface area contributed by atoms with Crippen molar-refractivity contribution in [1.29, 1.82) is 0 Å². The first-order valence-electron chi connectivity index (χ1n) is 11.8. The number of hydrogen-bond acceptors (Lipinski definition) is 6. The third kappa shape index (κ3) is 3.97. The van der Waals surface area contributed by atoms with E-state index in [1.54, 1.807) is 14.2 Å². The second kappa shape index (κ2) is 8.41. The summed E-state index contributed by atoms with van der Waals surface area (Å²) in [7, 11) is 3.19. The fourth-order valence-electron chi connectivity index (χ4n) is 6.84. The van der Waals surface area contributed by atoms with Gasteiger partial charge in [-0.1, -0.05) is 5.16 Å². The summed E-state index contributed by atoms with van der Waals surface area (Å²) in [4.78, 5) is 17.2. The monoisotopic (exact) mass is 439 g/mol. The minimum absolute atomic E-state index is 0.0686. The predicted molar refractivity (Wildman–Crippen MR) is 119 cm³/mol. The van der Waals surface area contributed by atoms with Crippen molar-refractivity contribution >= 4 is 5.91 Å². The van der Waals surface area contributed by atoms with Crippen LogP contribution < -0.4 is 14.8 Å². The Bertz CT molecular complexity index is 950. The molecule has 1 aromatic carbocycles. The quantitative estimate of drug-likeness (QED) is 0.656. The summed E-state index contributed by atoms with van der Waals surface area (Å²) in [5.41, 5.74) is 1.09. The van der Waals surface area contributed by atoms with Gasteiger partial charge in [-0.15, -0.1) is 0 Å². The Morgan fingerprint density at radius 1 is 1.12 bits per heavy atom. The number of hydrogen-bond donors (Lipinski definition) is 1. The Morgan fingerprint density at radius 3 is 2.41 bits per heavy atom. The summed E-state index contributed by atoms with van der Waals surface area (Å²) >= 11 is 0. The van der Waals surface area contributed by atoms with Gasteiger partial charge in [0.15, 0.2) is 11.5 Å². The summed E-state index contributed by atoms with van der Waals surface area (Å²) in [6.45, 7) is 2.22. The van der Waals surface area contributed by atoms with Crippen LogP contribution >= 0.6 is 0 Å². The lowest BCUT2D eigenvalue weighted by molar-refractivity contribution is -0.125. The molecule has 4 aliphatic rings. The molecule has 1 atom stereocenters. The Morgan fingerprint density at radius 2 is 1.78 bits per heavy atom. The fraction of sp³-hybridized carbons (Fsp3) is 0.640. The number of nitrogens with zero attached hydrogens (tertiary/aromatic N) is 2. The molecule has 0 aliphatic heterocycles. The molecule has 0 radical (unpaired) electrons. The zero-order valence-corrected chi connectivity index (χ0v) is 19.2. The third-order valence-electron chi connectivity index (χ3n) is 8.06. The van der Waals surface area contributed by atoms with Crippen LogP contribution in [0.25, 0.3) is 11.4 Å². The first-order chi connectivity index (χ1) is 15.5. The van der Waals surface area contributed by atoms with Crippen LogP contribution in [0.2, 0.25) is 0 Å². The first-order valence-corrected chi connectivity index (χ1v) is 11.8. The average Bonchev–Trinajstić information content (AvgIpc) is 3.25. The highest BCUT2D eigenvalue weighted by Crippen LogP contribution is 2.61. The number of carbonyl (C=O) groups is 1. The molecular formula is C25H33N3O4. The van der Waals surface area contributed by atoms with E-state index in [9.17, 15) is 4.79 Å². The molecule has 4 aliphatic carbocycles. The van der Waals surface area contributed by atoms with Crippen LogP contribution in [0.1, 0.15) is 57.8 Å². The van der Waals surface area contributed by atoms with Crippen molar-refractivity contribution in [2.45, 2.75) is 64.3 Å². The number of benzene rings is 1. The van der Waals surface area contributed by atoms with E-state index in [-0.39, 0.29) is 11.9 Å². The molecule has 1 heterocycles. The Labute approximate surface area is 189 Å². The normalized spacial score (nSPS) is 29.0. The zero-order chi connectivity index (χ0) is 22.3. The highest BCUT2D eigenvalue weighted by molar-refractivity contribution is 5.76. The minimum Gasteiger partial charge on any atom is -0.493 e. The van der Waals surface area contributed by atoms with Crippen molar-refractivity contribution in [2.75, 3.05) is 14.2 Å². The van der Waals surface area contributed by atoms with Gasteiger partial charge in [0, 0.05) is 24.4 Å². The summed E-state index contributed by atoms with van der Waals surface area (Å²) in [6.07, 6.45) is 8.90. The molecule has 4 bridgehead atoms. The molecule has 172 valence electrons. The van der Waals surface area contributed by atoms with Crippen LogP contribution in [-0.2, 0) is 11.2 Å². The summed E-state index contributed by atoms with van der Waals surface area (Å²) < 4.78 is 16.0. The highest BCUT2D eigenvalue weighted by Gasteiger charge is 2.53. The number of aryl methyl sites for hydroxylation is 1. The van der Waals surface area contributed by atoms with Crippen molar-refractivity contribution < 1.29 is 18.8 Å². The number of methoxy groups -OCH3 is 2. The van der Waals surface area contributed by atoms with Crippen molar-refractivity contribution in [3.63, 3.8) is 0 Å². The number of carbonyl (C=O) groups excluding carboxylic acids is 1. The van der Waals surface area contributed by atoms with Crippen LogP contribution in [0.4, 0.5) is 0 Å². The molecule has 7 heteroatoms. The lowest BCUT2D eigenvalue weighted by atomic mass is 9.48. The number of rotatable bonds is 8. The summed E-state index contributed by atoms with van der Waals surface area (Å²) in [5.74, 6) is 4.91. The van der Waals surface area contributed by atoms with Crippen LogP contribution in [0, 0.1) is 23.2 Å². The van der Waals surface area contributed by atoms with Gasteiger partial charge < -0.3 is 19.3 Å². The van der Waals surface area contributed by atoms with E-state index in [0.717, 1.165) is 23.3 Å². The number of ether oxygens (including phenoxy) is 2. The zero-order valence-electron chi connectivity index (χ0n) is 19.2. The third-order valence-corrected chi connectivity index (χ3v) is 8.06. The van der Waals surface area contributed by atoms with Gasteiger partial charge in [0.25, 0.3) is 0 Å². The van der Waals surface area contributed by atoms with E-state index in [1.165, 1.54) is 38.5 Å². The van der Waals surface area contributed by atoms with Gasteiger partial charge in [-0.25, -0.2) is 0 Å². The van der Waals surface area contributed by atoms with E-state index in [0.29, 0.717) is 41.5 Å². The molecule has 1 amide bonds. The van der Waals surface area contributed by atoms with Crippen molar-refractivity contribution in [3.8, 4) is 22.9 Å². The van der Waals surface area contributed by atoms with Gasteiger partial charge in [0.2, 0.25) is 17.6 Å². The Hall–Kier alpha value is -2.57. The van der Waals surface area contributed by atoms with Crippen LogP contribution in [0.5, 0.6) is 11.5 Å². The molecule has 1 N–H and O–H groups in total. The number of amides is 1. The maximum Gasteiger partial charge on any atom is 0.227 e. The van der Waals surface area contributed by atoms with Gasteiger partial charge >= 0.3 is 0 Å². The van der Waals surface area contributed by atoms with Crippen molar-refractivity contribution in [3.05, 3.63) is 24.1 Å². The molecule has 2 aromatic rings. The average molecular weight is 440 g/mol. The second-order valence-corrected chi connectivity index (χ2v) is 10.2. The lowest BCUT2D eigenvalue weighted by Crippen LogP contribution is -2.55. The number of aromatic nitrogens is 2. The second-order valence-electron chi connectivity index (χ2n) is 10.2. The minimum atomic E-state index is 0.0686. The van der Waals surface area contributed by atoms with E-state index in [2.05, 4.69) is 22.4 Å². The van der Waals surface area contributed by atoms with Crippen molar-refractivity contribution in [2.24, 2.45) is 23.2 Å². The summed E-state index contributed by atoms with van der Waals surface area (Å²) in [6, 6.07) is 5.71. The highest BCUT2D eigenvalue weighted by atomic mass is 16.5. The molecule has 6 rings (SSSR count). The molecule has 0 spiro atoms. The molecule has 1 aromatic heterocycles. The Kier molecular flexibility index (Phi) is 5.59. The van der Waals surface area contributed by atoms with Crippen molar-refractivity contribution in [1.82, 2.24) is 15.5 Å². The molecule has 4 fully saturated rings. The Balaban J connectivity index is 1.17. The van der Waals surface area contributed by atoms with E-state index in [4.69, 9.17) is 14.0 Å². The molecule has 0 saturated heterocycles. The van der Waals surface area contributed by atoms with Gasteiger partial charge in [-0.3, -0.25) is 4.79 Å². The SMILES string of the molecule is COc1ccc(-c2noc(CCC(=O)N[C@@H](C)C34CC5CC(CC(C5)C3)C4)n2)cc1OC. The smallest absolute Gasteiger partial charge is 0.227 e. The van der Waals surface area contributed by atoms with Gasteiger partial charge in [0.05, 0.1) is 14.2 Å². The standard InChI is InChI=1S/C25H33N3O4/c1-15(25-12-16-8-17(13-25)10-18(9-16)14-25)26-22(29)6-7-23-27-24(28-32-23)19-4-5-20(30-2)21(11-19)31-3/h4-5,11,15-18H,6-10,12-14H2,1-3H3,(H,26,29)/t15-,16?,17?,18?,25?/m0/s1. The maximum atomic E-state index is 12.7. The molecule has 4 saturated carbocycles. The molecule has 32 heavy (non-hydrogen) atoms. The molecule has 7 nitrogen and oxygen atoms in total. The molecule has 0 unspecified atom stereocenters. The van der Waals surface area contributed by atoms with E-state index >= 15 is 0 Å². The molecular weight excluding hydrogens is 406 g/mol. The predicted octanol–water partition coefficient (Wildman–Crippen LogP) is 4.41. The number of nitrogens with one attached hydrogen (secondary N) is 1. The van der Waals surface area contributed by atoms with Gasteiger partial charge in [-0.05, 0) is 86.8 Å². The fourth-order valence-corrected chi connectivity index (χ4v) is 6.84. The van der Waals surface area contributed by atoms with Gasteiger partial charge in [-0.2, -0.15) is 4.98 Å². The van der Waals surface area contributed by atoms with Gasteiger partial charge in [0.1, 0.15) is 0 Å².